The van der Waals surface area contributed by atoms with Gasteiger partial charge in [0, 0.05) is 26.7 Å². The van der Waals surface area contributed by atoms with E-state index in [1.165, 1.54) is 0 Å². The first kappa shape index (κ1) is 22.6. The molecule has 0 spiro atoms. The van der Waals surface area contributed by atoms with E-state index in [-0.39, 0.29) is 18.2 Å². The number of thiophene rings is 1. The fourth-order valence-electron chi connectivity index (χ4n) is 3.98. The largest absolute Gasteiger partial charge is 0.461 e. The highest BCUT2D eigenvalue weighted by molar-refractivity contribution is 7.17. The van der Waals surface area contributed by atoms with E-state index in [4.69, 9.17) is 4.74 Å². The van der Waals surface area contributed by atoms with E-state index in [0.29, 0.717) is 11.3 Å². The number of fused-ring (bicyclic) bond motifs is 1. The number of amides is 1. The second-order valence-electron chi connectivity index (χ2n) is 8.01. The Morgan fingerprint density at radius 1 is 1.00 bits per heavy atom. The summed E-state index contributed by atoms with van der Waals surface area (Å²) in [5.74, 6) is -0.644. The number of rotatable bonds is 6. The van der Waals surface area contributed by atoms with E-state index in [0.717, 1.165) is 32.6 Å². The summed E-state index contributed by atoms with van der Waals surface area (Å²) in [5, 5.41) is 10.4. The van der Waals surface area contributed by atoms with Crippen LogP contribution in [0.5, 0.6) is 0 Å². The van der Waals surface area contributed by atoms with Crippen molar-refractivity contribution in [1.82, 2.24) is 9.78 Å². The lowest BCUT2D eigenvalue weighted by molar-refractivity contribution is 0.0519. The summed E-state index contributed by atoms with van der Waals surface area (Å²) in [6.07, 6.45) is 0. The number of nitrogens with one attached hydrogen (secondary N) is 1. The maximum absolute atomic E-state index is 13.1. The van der Waals surface area contributed by atoms with Crippen LogP contribution in [0.4, 0.5) is 5.69 Å². The standard InChI is InChI=1S/C28H23N3O3S/c1-3-34-28(33)23-16-25(31(30-23)24-13-6-4-9-18(24)2)19-10-8-11-20(15-19)29-27(32)22-17-35-26-14-7-5-12-21(22)26/h4-17H,3H2,1-2H3,(H,29,32). The van der Waals surface area contributed by atoms with Crippen molar-refractivity contribution in [2.75, 3.05) is 11.9 Å². The molecule has 0 saturated heterocycles. The van der Waals surface area contributed by atoms with Gasteiger partial charge in [-0.15, -0.1) is 11.3 Å². The Kier molecular flexibility index (Phi) is 6.16. The van der Waals surface area contributed by atoms with Crippen molar-refractivity contribution in [2.45, 2.75) is 13.8 Å². The van der Waals surface area contributed by atoms with Crippen LogP contribution in [0.25, 0.3) is 27.0 Å². The summed E-state index contributed by atoms with van der Waals surface area (Å²) < 4.78 is 7.99. The zero-order valence-corrected chi connectivity index (χ0v) is 20.1. The average Bonchev–Trinajstić information content (AvgIpc) is 3.50. The number of ether oxygens (including phenoxy) is 1. The van der Waals surface area contributed by atoms with Gasteiger partial charge in [-0.3, -0.25) is 4.79 Å². The number of carbonyl (C=O) groups excluding carboxylic acids is 2. The van der Waals surface area contributed by atoms with Crippen LogP contribution >= 0.6 is 11.3 Å². The van der Waals surface area contributed by atoms with Gasteiger partial charge in [0.05, 0.1) is 23.6 Å². The Morgan fingerprint density at radius 2 is 1.80 bits per heavy atom. The van der Waals surface area contributed by atoms with Gasteiger partial charge in [0.25, 0.3) is 5.91 Å². The summed E-state index contributed by atoms with van der Waals surface area (Å²) in [7, 11) is 0. The minimum absolute atomic E-state index is 0.167. The SMILES string of the molecule is CCOC(=O)c1cc(-c2cccc(NC(=O)c3csc4ccccc34)c2)n(-c2ccccc2C)n1. The third-order valence-electron chi connectivity index (χ3n) is 5.68. The van der Waals surface area contributed by atoms with E-state index in [1.807, 2.05) is 85.1 Å². The molecule has 35 heavy (non-hydrogen) atoms. The molecule has 0 aliphatic heterocycles. The first-order valence-corrected chi connectivity index (χ1v) is 12.1. The molecule has 3 aromatic carbocycles. The molecular formula is C28H23N3O3S. The molecule has 174 valence electrons. The van der Waals surface area contributed by atoms with Crippen molar-refractivity contribution in [3.05, 3.63) is 101 Å². The topological polar surface area (TPSA) is 73.2 Å². The Morgan fingerprint density at radius 3 is 2.63 bits per heavy atom. The molecule has 0 radical (unpaired) electrons. The van der Waals surface area contributed by atoms with E-state index in [2.05, 4.69) is 10.4 Å². The van der Waals surface area contributed by atoms with Crippen LogP contribution in [0.1, 0.15) is 33.3 Å². The Labute approximate surface area is 206 Å². The number of benzene rings is 3. The molecule has 2 heterocycles. The van der Waals surface area contributed by atoms with Crippen LogP contribution in [-0.4, -0.2) is 28.3 Å². The third-order valence-corrected chi connectivity index (χ3v) is 6.64. The average molecular weight is 482 g/mol. The minimum atomic E-state index is -0.477. The molecular weight excluding hydrogens is 458 g/mol. The summed E-state index contributed by atoms with van der Waals surface area (Å²) in [4.78, 5) is 25.5. The van der Waals surface area contributed by atoms with Gasteiger partial charge in [-0.2, -0.15) is 5.10 Å². The van der Waals surface area contributed by atoms with Gasteiger partial charge < -0.3 is 10.1 Å². The van der Waals surface area contributed by atoms with E-state index >= 15 is 0 Å². The monoisotopic (exact) mass is 481 g/mol. The fourth-order valence-corrected chi connectivity index (χ4v) is 4.93. The molecule has 5 rings (SSSR count). The quantitative estimate of drug-likeness (QED) is 0.281. The number of hydrogen-bond acceptors (Lipinski definition) is 5. The second-order valence-corrected chi connectivity index (χ2v) is 8.93. The molecule has 0 bridgehead atoms. The van der Waals surface area contributed by atoms with Crippen molar-refractivity contribution in [3.63, 3.8) is 0 Å². The number of esters is 1. The number of para-hydroxylation sites is 1. The molecule has 2 aromatic heterocycles. The molecule has 0 saturated carbocycles. The number of aryl methyl sites for hydroxylation is 1. The van der Waals surface area contributed by atoms with E-state index in [9.17, 15) is 9.59 Å². The molecule has 7 heteroatoms. The maximum Gasteiger partial charge on any atom is 0.358 e. The first-order valence-electron chi connectivity index (χ1n) is 11.3. The van der Waals surface area contributed by atoms with Crippen molar-refractivity contribution in [1.29, 1.82) is 0 Å². The Balaban J connectivity index is 1.52. The van der Waals surface area contributed by atoms with Crippen LogP contribution in [0.3, 0.4) is 0 Å². The molecule has 0 unspecified atom stereocenters. The minimum Gasteiger partial charge on any atom is -0.461 e. The van der Waals surface area contributed by atoms with Gasteiger partial charge in [0.15, 0.2) is 5.69 Å². The summed E-state index contributed by atoms with van der Waals surface area (Å²) in [6.45, 7) is 4.02. The van der Waals surface area contributed by atoms with Crippen molar-refractivity contribution in [3.8, 4) is 16.9 Å². The molecule has 5 aromatic rings. The van der Waals surface area contributed by atoms with Gasteiger partial charge >= 0.3 is 5.97 Å². The summed E-state index contributed by atoms with van der Waals surface area (Å²) >= 11 is 1.55. The highest BCUT2D eigenvalue weighted by atomic mass is 32.1. The highest BCUT2D eigenvalue weighted by Gasteiger charge is 2.19. The molecule has 0 aliphatic carbocycles. The Bertz CT molecular complexity index is 1550. The lowest BCUT2D eigenvalue weighted by atomic mass is 10.1. The highest BCUT2D eigenvalue weighted by Crippen LogP contribution is 2.30. The van der Waals surface area contributed by atoms with Crippen LogP contribution < -0.4 is 5.32 Å². The zero-order valence-electron chi connectivity index (χ0n) is 19.3. The maximum atomic E-state index is 13.1. The fraction of sp³-hybridized carbons (Fsp3) is 0.107. The van der Waals surface area contributed by atoms with Gasteiger partial charge in [-0.25, -0.2) is 9.48 Å². The molecule has 0 atom stereocenters. The Hall–Kier alpha value is -4.23. The van der Waals surface area contributed by atoms with Crippen LogP contribution in [0.2, 0.25) is 0 Å². The van der Waals surface area contributed by atoms with Gasteiger partial charge in [0.2, 0.25) is 0 Å². The molecule has 6 nitrogen and oxygen atoms in total. The predicted octanol–water partition coefficient (Wildman–Crippen LogP) is 6.49. The molecule has 1 N–H and O–H groups in total. The lowest BCUT2D eigenvalue weighted by Gasteiger charge is -2.11. The number of carbonyl (C=O) groups is 2. The molecule has 0 aliphatic rings. The van der Waals surface area contributed by atoms with Gasteiger partial charge in [0.1, 0.15) is 0 Å². The van der Waals surface area contributed by atoms with Crippen LogP contribution in [0, 0.1) is 6.92 Å². The van der Waals surface area contributed by atoms with Crippen molar-refractivity contribution >= 4 is 39.0 Å². The molecule has 0 fully saturated rings. The second kappa shape index (κ2) is 9.56. The lowest BCUT2D eigenvalue weighted by Crippen LogP contribution is -2.11. The zero-order chi connectivity index (χ0) is 24.4. The van der Waals surface area contributed by atoms with Gasteiger partial charge in [-0.1, -0.05) is 48.5 Å². The van der Waals surface area contributed by atoms with E-state index < -0.39 is 5.97 Å². The number of hydrogen-bond donors (Lipinski definition) is 1. The first-order chi connectivity index (χ1) is 17.0. The summed E-state index contributed by atoms with van der Waals surface area (Å²) in [5.41, 5.74) is 4.93. The smallest absolute Gasteiger partial charge is 0.358 e. The van der Waals surface area contributed by atoms with Crippen LogP contribution in [-0.2, 0) is 4.74 Å². The van der Waals surface area contributed by atoms with Crippen LogP contribution in [0.15, 0.2) is 84.2 Å². The normalized spacial score (nSPS) is 10.9. The van der Waals surface area contributed by atoms with Crippen molar-refractivity contribution < 1.29 is 14.3 Å². The third kappa shape index (κ3) is 4.46. The number of nitrogens with zero attached hydrogens (tertiary/aromatic N) is 2. The molecule has 1 amide bonds. The summed E-state index contributed by atoms with van der Waals surface area (Å²) in [6, 6.07) is 24.9. The van der Waals surface area contributed by atoms with E-state index in [1.54, 1.807) is 29.0 Å². The predicted molar refractivity (Wildman–Crippen MR) is 139 cm³/mol. The number of anilines is 1. The van der Waals surface area contributed by atoms with Gasteiger partial charge in [-0.05, 0) is 49.7 Å². The number of aromatic nitrogens is 2. The van der Waals surface area contributed by atoms with Crippen molar-refractivity contribution in [2.24, 2.45) is 0 Å².